The first-order chi connectivity index (χ1) is 8.61. The first kappa shape index (κ1) is 12.9. The predicted octanol–water partition coefficient (Wildman–Crippen LogP) is 1.75. The van der Waals surface area contributed by atoms with Crippen LogP contribution >= 0.6 is 0 Å². The number of nitrogens with zero attached hydrogens (tertiary/aromatic N) is 1. The molecule has 1 aromatic rings. The van der Waals surface area contributed by atoms with Crippen molar-refractivity contribution in [2.45, 2.75) is 25.9 Å². The number of rotatable bonds is 4. The highest BCUT2D eigenvalue weighted by atomic mass is 16.5. The molecule has 4 heteroatoms. The molecular weight excluding hydrogens is 230 g/mol. The molecule has 0 bridgehead atoms. The smallest absolute Gasteiger partial charge is 0.323 e. The highest BCUT2D eigenvalue weighted by molar-refractivity contribution is 5.77. The Morgan fingerprint density at radius 1 is 1.50 bits per heavy atom. The fraction of sp³-hybridized carbons (Fsp3) is 0.500. The number of cyclic esters (lactones) is 1. The Hall–Kier alpha value is -1.55. The molecule has 0 aliphatic carbocycles. The molecule has 4 nitrogen and oxygen atoms in total. The number of aryl methyl sites for hydroxylation is 1. The summed E-state index contributed by atoms with van der Waals surface area (Å²) in [6, 6.07) is 5.98. The van der Waals surface area contributed by atoms with E-state index in [4.69, 9.17) is 9.47 Å². The molecule has 2 rings (SSSR count). The zero-order valence-electron chi connectivity index (χ0n) is 11.1. The number of carbonyl (C=O) groups excluding carboxylic acids is 1. The van der Waals surface area contributed by atoms with Gasteiger partial charge in [0.25, 0.3) is 0 Å². The highest BCUT2D eigenvalue weighted by Gasteiger charge is 2.30. The average molecular weight is 249 g/mol. The highest BCUT2D eigenvalue weighted by Crippen LogP contribution is 2.21. The summed E-state index contributed by atoms with van der Waals surface area (Å²) in [5.74, 6) is 0.782. The van der Waals surface area contributed by atoms with E-state index in [0.29, 0.717) is 6.61 Å². The van der Waals surface area contributed by atoms with Gasteiger partial charge in [0.15, 0.2) is 0 Å². The lowest BCUT2D eigenvalue weighted by Crippen LogP contribution is -2.34. The van der Waals surface area contributed by atoms with Gasteiger partial charge < -0.3 is 9.47 Å². The topological polar surface area (TPSA) is 38.8 Å². The zero-order chi connectivity index (χ0) is 13.1. The van der Waals surface area contributed by atoms with E-state index in [9.17, 15) is 4.79 Å². The third kappa shape index (κ3) is 2.64. The van der Waals surface area contributed by atoms with Crippen molar-refractivity contribution in [1.82, 2.24) is 4.90 Å². The third-order valence-electron chi connectivity index (χ3n) is 3.33. The van der Waals surface area contributed by atoms with Crippen LogP contribution in [0, 0.1) is 6.92 Å². The second kappa shape index (κ2) is 5.40. The van der Waals surface area contributed by atoms with Crippen LogP contribution in [-0.4, -0.2) is 37.7 Å². The Morgan fingerprint density at radius 3 is 2.83 bits per heavy atom. The standard InChI is InChI=1S/C14H19NO3/c1-10-8-11(4-5-13(10)17-3)9-15(2)12-6-7-18-14(12)16/h4-5,8,12H,6-7,9H2,1-3H3/t12-/m0/s1. The lowest BCUT2D eigenvalue weighted by Gasteiger charge is -2.21. The summed E-state index contributed by atoms with van der Waals surface area (Å²) in [5, 5.41) is 0. The molecule has 0 radical (unpaired) electrons. The molecule has 98 valence electrons. The molecule has 1 aliphatic rings. The second-order valence-electron chi connectivity index (χ2n) is 4.69. The zero-order valence-corrected chi connectivity index (χ0v) is 11.1. The maximum atomic E-state index is 11.5. The Balaban J connectivity index is 2.04. The van der Waals surface area contributed by atoms with Gasteiger partial charge >= 0.3 is 5.97 Å². The number of likely N-dealkylation sites (N-methyl/N-ethyl adjacent to an activating group) is 1. The number of benzene rings is 1. The molecule has 0 spiro atoms. The van der Waals surface area contributed by atoms with Crippen LogP contribution in [0.15, 0.2) is 18.2 Å². The van der Waals surface area contributed by atoms with Gasteiger partial charge in [-0.2, -0.15) is 0 Å². The van der Waals surface area contributed by atoms with Crippen molar-refractivity contribution in [3.05, 3.63) is 29.3 Å². The number of carbonyl (C=O) groups is 1. The van der Waals surface area contributed by atoms with Crippen molar-refractivity contribution in [3.63, 3.8) is 0 Å². The molecule has 0 aromatic heterocycles. The van der Waals surface area contributed by atoms with Gasteiger partial charge in [-0.15, -0.1) is 0 Å². The summed E-state index contributed by atoms with van der Waals surface area (Å²) in [6.45, 7) is 3.30. The van der Waals surface area contributed by atoms with Crippen molar-refractivity contribution in [3.8, 4) is 5.75 Å². The van der Waals surface area contributed by atoms with Crippen LogP contribution in [0.5, 0.6) is 5.75 Å². The second-order valence-corrected chi connectivity index (χ2v) is 4.69. The van der Waals surface area contributed by atoms with Crippen LogP contribution in [-0.2, 0) is 16.1 Å². The van der Waals surface area contributed by atoms with Crippen LogP contribution in [0.3, 0.4) is 0 Å². The molecule has 1 heterocycles. The van der Waals surface area contributed by atoms with Gasteiger partial charge in [0, 0.05) is 13.0 Å². The van der Waals surface area contributed by atoms with Crippen molar-refractivity contribution in [1.29, 1.82) is 0 Å². The van der Waals surface area contributed by atoms with Crippen molar-refractivity contribution < 1.29 is 14.3 Å². The monoisotopic (exact) mass is 249 g/mol. The minimum Gasteiger partial charge on any atom is -0.496 e. The molecule has 1 aliphatic heterocycles. The van der Waals surface area contributed by atoms with Crippen LogP contribution < -0.4 is 4.74 Å². The van der Waals surface area contributed by atoms with Crippen LogP contribution in [0.1, 0.15) is 17.5 Å². The quantitative estimate of drug-likeness (QED) is 0.762. The molecule has 0 saturated carbocycles. The lowest BCUT2D eigenvalue weighted by molar-refractivity contribution is -0.142. The summed E-state index contributed by atoms with van der Waals surface area (Å²) in [6.07, 6.45) is 0.782. The average Bonchev–Trinajstić information content (AvgIpc) is 2.76. The van der Waals surface area contributed by atoms with Crippen molar-refractivity contribution in [2.75, 3.05) is 20.8 Å². The fourth-order valence-corrected chi connectivity index (χ4v) is 2.32. The Morgan fingerprint density at radius 2 is 2.28 bits per heavy atom. The maximum absolute atomic E-state index is 11.5. The minimum atomic E-state index is -0.109. The van der Waals surface area contributed by atoms with Crippen LogP contribution in [0.25, 0.3) is 0 Å². The summed E-state index contributed by atoms with van der Waals surface area (Å²) >= 11 is 0. The third-order valence-corrected chi connectivity index (χ3v) is 3.33. The molecule has 0 unspecified atom stereocenters. The summed E-state index contributed by atoms with van der Waals surface area (Å²) in [7, 11) is 3.62. The number of hydrogen-bond donors (Lipinski definition) is 0. The molecule has 18 heavy (non-hydrogen) atoms. The van der Waals surface area contributed by atoms with Gasteiger partial charge in [0.05, 0.1) is 13.7 Å². The molecule has 0 N–H and O–H groups in total. The Kier molecular flexibility index (Phi) is 3.87. The number of methoxy groups -OCH3 is 1. The lowest BCUT2D eigenvalue weighted by atomic mass is 10.1. The number of esters is 1. The molecule has 0 amide bonds. The Labute approximate surface area is 107 Å². The van der Waals surface area contributed by atoms with Gasteiger partial charge in [0.2, 0.25) is 0 Å². The van der Waals surface area contributed by atoms with E-state index in [0.717, 1.165) is 24.3 Å². The van der Waals surface area contributed by atoms with Gasteiger partial charge in [0.1, 0.15) is 11.8 Å². The summed E-state index contributed by atoms with van der Waals surface area (Å²) < 4.78 is 10.2. The van der Waals surface area contributed by atoms with Crippen LogP contribution in [0.4, 0.5) is 0 Å². The first-order valence-electron chi connectivity index (χ1n) is 6.12. The number of ether oxygens (including phenoxy) is 2. The Bertz CT molecular complexity index is 445. The molecule has 1 fully saturated rings. The van der Waals surface area contributed by atoms with E-state index in [-0.39, 0.29) is 12.0 Å². The van der Waals surface area contributed by atoms with E-state index in [1.54, 1.807) is 7.11 Å². The van der Waals surface area contributed by atoms with E-state index in [2.05, 4.69) is 6.07 Å². The fourth-order valence-electron chi connectivity index (χ4n) is 2.32. The molecule has 1 atom stereocenters. The summed E-state index contributed by atoms with van der Waals surface area (Å²) in [5.41, 5.74) is 2.29. The van der Waals surface area contributed by atoms with E-state index >= 15 is 0 Å². The van der Waals surface area contributed by atoms with E-state index in [1.807, 2.05) is 31.0 Å². The van der Waals surface area contributed by atoms with Gasteiger partial charge in [-0.25, -0.2) is 0 Å². The normalized spacial score (nSPS) is 19.1. The van der Waals surface area contributed by atoms with Crippen LogP contribution in [0.2, 0.25) is 0 Å². The number of hydrogen-bond acceptors (Lipinski definition) is 4. The van der Waals surface area contributed by atoms with Crippen molar-refractivity contribution >= 4 is 5.97 Å². The van der Waals surface area contributed by atoms with Crippen molar-refractivity contribution in [2.24, 2.45) is 0 Å². The van der Waals surface area contributed by atoms with E-state index < -0.39 is 0 Å². The predicted molar refractivity (Wildman–Crippen MR) is 68.6 cm³/mol. The molecule has 1 aromatic carbocycles. The maximum Gasteiger partial charge on any atom is 0.323 e. The largest absolute Gasteiger partial charge is 0.496 e. The SMILES string of the molecule is COc1ccc(CN(C)[C@H]2CCOC2=O)cc1C. The van der Waals surface area contributed by atoms with E-state index in [1.165, 1.54) is 5.56 Å². The van der Waals surface area contributed by atoms with Gasteiger partial charge in [-0.1, -0.05) is 12.1 Å². The summed E-state index contributed by atoms with van der Waals surface area (Å²) in [4.78, 5) is 13.5. The molecular formula is C14H19NO3. The minimum absolute atomic E-state index is 0.104. The first-order valence-corrected chi connectivity index (χ1v) is 6.12. The van der Waals surface area contributed by atoms with Gasteiger partial charge in [-0.05, 0) is 31.2 Å². The molecule has 1 saturated heterocycles. The van der Waals surface area contributed by atoms with Gasteiger partial charge in [-0.3, -0.25) is 9.69 Å².